The second-order valence-electron chi connectivity index (χ2n) is 7.29. The maximum atomic E-state index is 12.7. The van der Waals surface area contributed by atoms with Crippen LogP contribution in [0, 0.1) is 11.3 Å². The number of amides is 1. The average molecular weight is 441 g/mol. The molecule has 0 saturated carbocycles. The first-order valence-electron chi connectivity index (χ1n) is 10.1. The normalized spacial score (nSPS) is 17.2. The molecule has 31 heavy (non-hydrogen) atoms. The van der Waals surface area contributed by atoms with Crippen LogP contribution in [0.25, 0.3) is 0 Å². The molecule has 0 spiro atoms. The van der Waals surface area contributed by atoms with E-state index < -0.39 is 17.4 Å². The smallest absolute Gasteiger partial charge is 0.341 e. The highest BCUT2D eigenvalue weighted by Crippen LogP contribution is 2.45. The van der Waals surface area contributed by atoms with Gasteiger partial charge in [0.2, 0.25) is 5.91 Å². The summed E-state index contributed by atoms with van der Waals surface area (Å²) in [4.78, 5) is 37.3. The molecule has 0 saturated heterocycles. The lowest BCUT2D eigenvalue weighted by Gasteiger charge is -2.31. The van der Waals surface area contributed by atoms with Crippen molar-refractivity contribution in [2.75, 3.05) is 19.0 Å². The Morgan fingerprint density at radius 3 is 2.61 bits per heavy atom. The predicted molar refractivity (Wildman–Crippen MR) is 116 cm³/mol. The topological polar surface area (TPSA) is 105 Å². The van der Waals surface area contributed by atoms with Crippen molar-refractivity contribution in [3.05, 3.63) is 51.9 Å². The number of fused-ring (bicyclic) bond motifs is 1. The molecule has 0 aliphatic heterocycles. The summed E-state index contributed by atoms with van der Waals surface area (Å²) in [7, 11) is 1.26. The zero-order valence-electron chi connectivity index (χ0n) is 17.5. The lowest BCUT2D eigenvalue weighted by Crippen LogP contribution is -2.31. The summed E-state index contributed by atoms with van der Waals surface area (Å²) in [6.07, 6.45) is 1.45. The van der Waals surface area contributed by atoms with Crippen molar-refractivity contribution in [2.24, 2.45) is 0 Å². The van der Waals surface area contributed by atoms with Gasteiger partial charge in [0, 0.05) is 17.7 Å². The van der Waals surface area contributed by atoms with Crippen molar-refractivity contribution in [3.63, 3.8) is 0 Å². The van der Waals surface area contributed by atoms with E-state index in [0.717, 1.165) is 16.0 Å². The Kier molecular flexibility index (Phi) is 7.08. The minimum absolute atomic E-state index is 0.0479. The Morgan fingerprint density at radius 2 is 1.97 bits per heavy atom. The van der Waals surface area contributed by atoms with Crippen LogP contribution in [0.1, 0.15) is 52.5 Å². The van der Waals surface area contributed by atoms with E-state index in [-0.39, 0.29) is 25.4 Å². The van der Waals surface area contributed by atoms with E-state index in [1.807, 2.05) is 30.3 Å². The van der Waals surface area contributed by atoms with Crippen LogP contribution in [-0.2, 0) is 37.3 Å². The minimum atomic E-state index is -0.683. The molecule has 1 aromatic carbocycles. The van der Waals surface area contributed by atoms with E-state index in [2.05, 4.69) is 16.1 Å². The average Bonchev–Trinajstić information content (AvgIpc) is 3.14. The zero-order valence-corrected chi connectivity index (χ0v) is 18.3. The number of nitrogens with one attached hydrogen (secondary N) is 1. The molecule has 0 unspecified atom stereocenters. The molecule has 1 aliphatic rings. The number of carbonyl (C=O) groups is 3. The quantitative estimate of drug-likeness (QED) is 0.657. The second-order valence-corrected chi connectivity index (χ2v) is 8.39. The molecular weight excluding hydrogens is 416 g/mol. The number of methoxy groups -OCH3 is 1. The molecule has 1 N–H and O–H groups in total. The van der Waals surface area contributed by atoms with Crippen LogP contribution in [0.5, 0.6) is 0 Å². The van der Waals surface area contributed by atoms with Crippen LogP contribution in [0.3, 0.4) is 0 Å². The summed E-state index contributed by atoms with van der Waals surface area (Å²) < 4.78 is 9.80. The third-order valence-electron chi connectivity index (χ3n) is 5.41. The lowest BCUT2D eigenvalue weighted by atomic mass is 9.70. The Labute approximate surface area is 185 Å². The highest BCUT2D eigenvalue weighted by Gasteiger charge is 2.40. The Hall–Kier alpha value is -3.18. The number of ether oxygens (including phenoxy) is 2. The summed E-state index contributed by atoms with van der Waals surface area (Å²) in [5.41, 5.74) is 1.44. The molecule has 1 aromatic heterocycles. The fourth-order valence-corrected chi connectivity index (χ4v) is 5.16. The van der Waals surface area contributed by atoms with Gasteiger partial charge in [-0.2, -0.15) is 5.26 Å². The minimum Gasteiger partial charge on any atom is -0.469 e. The van der Waals surface area contributed by atoms with E-state index in [4.69, 9.17) is 4.74 Å². The van der Waals surface area contributed by atoms with E-state index in [1.54, 1.807) is 6.92 Å². The number of esters is 2. The van der Waals surface area contributed by atoms with Gasteiger partial charge >= 0.3 is 11.9 Å². The number of thiophene rings is 1. The number of hydrogen-bond acceptors (Lipinski definition) is 7. The van der Waals surface area contributed by atoms with Gasteiger partial charge < -0.3 is 14.8 Å². The maximum Gasteiger partial charge on any atom is 0.341 e. The first kappa shape index (κ1) is 22.5. The molecular formula is C23H24N2O5S. The van der Waals surface area contributed by atoms with E-state index in [1.165, 1.54) is 18.4 Å². The van der Waals surface area contributed by atoms with Crippen molar-refractivity contribution < 1.29 is 23.9 Å². The number of rotatable bonds is 7. The van der Waals surface area contributed by atoms with Crippen molar-refractivity contribution in [3.8, 4) is 6.07 Å². The molecule has 8 heteroatoms. The first-order chi connectivity index (χ1) is 14.9. The standard InChI is InChI=1S/C23H24N2O5S/c1-3-30-22(28)20-16-11-12-23(14-24,15-7-5-4-6-8-15)13-17(16)31-21(20)25-18(26)9-10-19(27)29-2/h4-8H,3,9-13H2,1-2H3,(H,25,26)/t23-/m1/s1. The fraction of sp³-hybridized carbons (Fsp3) is 0.391. The van der Waals surface area contributed by atoms with Gasteiger partial charge in [-0.3, -0.25) is 9.59 Å². The van der Waals surface area contributed by atoms with Gasteiger partial charge in [-0.1, -0.05) is 30.3 Å². The molecule has 3 rings (SSSR count). The summed E-state index contributed by atoms with van der Waals surface area (Å²) in [5, 5.41) is 13.2. The molecule has 1 heterocycles. The highest BCUT2D eigenvalue weighted by atomic mass is 32.1. The monoisotopic (exact) mass is 440 g/mol. The van der Waals surface area contributed by atoms with E-state index in [0.29, 0.717) is 29.8 Å². The van der Waals surface area contributed by atoms with Crippen molar-refractivity contribution in [2.45, 2.75) is 44.4 Å². The highest BCUT2D eigenvalue weighted by molar-refractivity contribution is 7.17. The summed E-state index contributed by atoms with van der Waals surface area (Å²) >= 11 is 1.30. The fourth-order valence-electron chi connectivity index (χ4n) is 3.80. The third-order valence-corrected chi connectivity index (χ3v) is 6.56. The first-order valence-corrected chi connectivity index (χ1v) is 10.9. The molecule has 1 amide bonds. The van der Waals surface area contributed by atoms with Crippen molar-refractivity contribution >= 4 is 34.2 Å². The van der Waals surface area contributed by atoms with E-state index >= 15 is 0 Å². The zero-order chi connectivity index (χ0) is 22.4. The second kappa shape index (κ2) is 9.75. The third kappa shape index (κ3) is 4.78. The largest absolute Gasteiger partial charge is 0.469 e. The molecule has 1 aliphatic carbocycles. The van der Waals surface area contributed by atoms with Crippen molar-refractivity contribution in [1.29, 1.82) is 5.26 Å². The van der Waals surface area contributed by atoms with Crippen LogP contribution in [0.4, 0.5) is 5.00 Å². The number of nitrogens with zero attached hydrogens (tertiary/aromatic N) is 1. The SMILES string of the molecule is CCOC(=O)c1c(NC(=O)CCC(=O)OC)sc2c1CC[C@@](C#N)(c1ccccc1)C2. The van der Waals surface area contributed by atoms with E-state index in [9.17, 15) is 19.6 Å². The Bertz CT molecular complexity index is 1020. The van der Waals surface area contributed by atoms with Gasteiger partial charge in [-0.25, -0.2) is 4.79 Å². The predicted octanol–water partition coefficient (Wildman–Crippen LogP) is 3.77. The summed E-state index contributed by atoms with van der Waals surface area (Å²) in [6, 6.07) is 12.1. The Balaban J connectivity index is 1.93. The van der Waals surface area contributed by atoms with Crippen LogP contribution in [0.15, 0.2) is 30.3 Å². The van der Waals surface area contributed by atoms with Crippen LogP contribution in [0.2, 0.25) is 0 Å². The van der Waals surface area contributed by atoms with Crippen LogP contribution in [-0.4, -0.2) is 31.6 Å². The maximum absolute atomic E-state index is 12.7. The van der Waals surface area contributed by atoms with Gasteiger partial charge in [0.1, 0.15) is 5.00 Å². The molecule has 0 fully saturated rings. The van der Waals surface area contributed by atoms with Crippen LogP contribution < -0.4 is 5.32 Å². The number of nitriles is 1. The van der Waals surface area contributed by atoms with Gasteiger partial charge in [0.25, 0.3) is 0 Å². The van der Waals surface area contributed by atoms with Crippen LogP contribution >= 0.6 is 11.3 Å². The van der Waals surface area contributed by atoms with Gasteiger partial charge in [0.15, 0.2) is 0 Å². The van der Waals surface area contributed by atoms with Gasteiger partial charge in [-0.05, 0) is 30.9 Å². The number of benzene rings is 1. The van der Waals surface area contributed by atoms with Gasteiger partial charge in [-0.15, -0.1) is 11.3 Å². The molecule has 2 aromatic rings. The number of hydrogen-bond donors (Lipinski definition) is 1. The number of carbonyl (C=O) groups excluding carboxylic acids is 3. The Morgan fingerprint density at radius 1 is 1.23 bits per heavy atom. The lowest BCUT2D eigenvalue weighted by molar-refractivity contribution is -0.141. The molecule has 0 bridgehead atoms. The summed E-state index contributed by atoms with van der Waals surface area (Å²) in [6.45, 7) is 1.94. The molecule has 7 nitrogen and oxygen atoms in total. The molecule has 1 atom stereocenters. The molecule has 162 valence electrons. The summed E-state index contributed by atoms with van der Waals surface area (Å²) in [5.74, 6) is -1.36. The van der Waals surface area contributed by atoms with Crippen molar-refractivity contribution in [1.82, 2.24) is 0 Å². The molecule has 0 radical (unpaired) electrons. The number of anilines is 1. The van der Waals surface area contributed by atoms with Gasteiger partial charge in [0.05, 0.1) is 37.2 Å².